The van der Waals surface area contributed by atoms with Crippen LogP contribution in [0.1, 0.15) is 11.8 Å². The number of aromatic nitrogens is 2. The lowest BCUT2D eigenvalue weighted by Gasteiger charge is -2.20. The van der Waals surface area contributed by atoms with Gasteiger partial charge in [0.05, 0.1) is 25.3 Å². The summed E-state index contributed by atoms with van der Waals surface area (Å²) < 4.78 is 12.5. The van der Waals surface area contributed by atoms with Crippen molar-refractivity contribution in [1.29, 1.82) is 0 Å². The highest BCUT2D eigenvalue weighted by Gasteiger charge is 2.24. The Morgan fingerprint density at radius 3 is 2.50 bits per heavy atom. The third-order valence-corrected chi connectivity index (χ3v) is 5.05. The molecule has 2 aromatic carbocycles. The molecule has 0 fully saturated rings. The van der Waals surface area contributed by atoms with Crippen molar-refractivity contribution in [3.63, 3.8) is 0 Å². The fourth-order valence-electron chi connectivity index (χ4n) is 2.83. The van der Waals surface area contributed by atoms with Crippen LogP contribution in [0.4, 0.5) is 0 Å². The molecule has 2 heterocycles. The van der Waals surface area contributed by atoms with Crippen molar-refractivity contribution in [2.24, 2.45) is 0 Å². The molecule has 0 saturated heterocycles. The van der Waals surface area contributed by atoms with Crippen LogP contribution in [0.3, 0.4) is 0 Å². The van der Waals surface area contributed by atoms with Gasteiger partial charge in [-0.25, -0.2) is 4.98 Å². The zero-order chi connectivity index (χ0) is 16.7. The van der Waals surface area contributed by atoms with Gasteiger partial charge in [-0.3, -0.25) is 4.57 Å². The van der Waals surface area contributed by atoms with Gasteiger partial charge in [0.2, 0.25) is 0 Å². The van der Waals surface area contributed by atoms with Crippen molar-refractivity contribution in [1.82, 2.24) is 9.55 Å². The van der Waals surface area contributed by atoms with E-state index in [0.29, 0.717) is 11.5 Å². The molecule has 1 aliphatic heterocycles. The van der Waals surface area contributed by atoms with Gasteiger partial charge >= 0.3 is 0 Å². The summed E-state index contributed by atoms with van der Waals surface area (Å²) in [6.07, 6.45) is 1.06. The molecule has 1 N–H and O–H groups in total. The number of hydrogen-bond acceptors (Lipinski definition) is 5. The van der Waals surface area contributed by atoms with Crippen LogP contribution in [0.15, 0.2) is 53.7 Å². The van der Waals surface area contributed by atoms with Crippen molar-refractivity contribution < 1.29 is 14.6 Å². The van der Waals surface area contributed by atoms with Crippen molar-refractivity contribution in [3.05, 3.63) is 54.1 Å². The minimum atomic E-state index is -0.778. The monoisotopic (exact) mass is 340 g/mol. The Balaban J connectivity index is 1.84. The molecule has 122 valence electrons. The number of rotatable bonds is 3. The van der Waals surface area contributed by atoms with Gasteiger partial charge in [0.15, 0.2) is 22.9 Å². The summed E-state index contributed by atoms with van der Waals surface area (Å²) in [6.45, 7) is 0. The highest BCUT2D eigenvalue weighted by molar-refractivity contribution is 8.08. The molecule has 3 aromatic rings. The predicted molar refractivity (Wildman–Crippen MR) is 94.4 cm³/mol. The molecule has 1 aromatic heterocycles. The maximum absolute atomic E-state index is 10.6. The normalized spacial score (nSPS) is 16.6. The third-order valence-electron chi connectivity index (χ3n) is 3.99. The molecule has 0 unspecified atom stereocenters. The smallest absolute Gasteiger partial charge is 0.176 e. The number of hydrogen-bond donors (Lipinski definition) is 1. The topological polar surface area (TPSA) is 56.5 Å². The summed E-state index contributed by atoms with van der Waals surface area (Å²) in [5, 5.41) is 11.4. The van der Waals surface area contributed by atoms with Gasteiger partial charge in [-0.15, -0.1) is 0 Å². The minimum absolute atomic E-state index is 0.614. The molecule has 0 bridgehead atoms. The van der Waals surface area contributed by atoms with Crippen molar-refractivity contribution in [2.45, 2.75) is 11.4 Å². The van der Waals surface area contributed by atoms with Gasteiger partial charge in [0.1, 0.15) is 0 Å². The van der Waals surface area contributed by atoms with Crippen LogP contribution in [-0.2, 0) is 0 Å². The van der Waals surface area contributed by atoms with Gasteiger partial charge in [-0.2, -0.15) is 0 Å². The molecule has 0 amide bonds. The van der Waals surface area contributed by atoms with E-state index in [-0.39, 0.29) is 0 Å². The summed E-state index contributed by atoms with van der Waals surface area (Å²) in [4.78, 5) is 5.64. The Hall–Kier alpha value is -2.44. The first kappa shape index (κ1) is 15.1. The molecule has 0 aliphatic carbocycles. The molecule has 4 rings (SSSR count). The molecule has 0 saturated carbocycles. The average molecular weight is 340 g/mol. The Bertz CT molecular complexity index is 934. The fourth-order valence-corrected chi connectivity index (χ4v) is 3.92. The van der Waals surface area contributed by atoms with Gasteiger partial charge in [0.25, 0.3) is 0 Å². The largest absolute Gasteiger partial charge is 0.493 e. The number of fused-ring (bicyclic) bond motifs is 3. The van der Waals surface area contributed by atoms with Crippen molar-refractivity contribution in [2.75, 3.05) is 14.2 Å². The average Bonchev–Trinajstić information content (AvgIpc) is 2.98. The van der Waals surface area contributed by atoms with E-state index in [4.69, 9.17) is 9.47 Å². The van der Waals surface area contributed by atoms with Gasteiger partial charge < -0.3 is 14.6 Å². The number of thioether (sulfide) groups is 1. The highest BCUT2D eigenvalue weighted by Crippen LogP contribution is 2.43. The quantitative estimate of drug-likeness (QED) is 0.788. The zero-order valence-corrected chi connectivity index (χ0v) is 14.1. The Morgan fingerprint density at radius 1 is 1.08 bits per heavy atom. The summed E-state index contributed by atoms with van der Waals surface area (Å²) >= 11 is 1.54. The predicted octanol–water partition coefficient (Wildman–Crippen LogP) is 3.69. The zero-order valence-electron chi connectivity index (χ0n) is 13.3. The first-order valence-electron chi connectivity index (χ1n) is 7.48. The van der Waals surface area contributed by atoms with E-state index in [1.807, 2.05) is 48.5 Å². The number of ether oxygens (including phenoxy) is 2. The lowest BCUT2D eigenvalue weighted by atomic mass is 10.2. The van der Waals surface area contributed by atoms with E-state index in [0.717, 1.165) is 26.7 Å². The SMILES string of the molecule is COc1cc2nc3n(c2cc1OC)[C@H](O)C=C(c1ccccc1)S3. The first-order chi connectivity index (χ1) is 11.7. The van der Waals surface area contributed by atoms with Crippen LogP contribution < -0.4 is 9.47 Å². The fraction of sp³-hybridized carbons (Fsp3) is 0.167. The Morgan fingerprint density at radius 2 is 1.79 bits per heavy atom. The second kappa shape index (κ2) is 5.89. The van der Waals surface area contributed by atoms with Crippen LogP contribution in [0, 0.1) is 0 Å². The molecule has 5 nitrogen and oxygen atoms in total. The number of nitrogens with zero attached hydrogens (tertiary/aromatic N) is 2. The molecular formula is C18H16N2O3S. The van der Waals surface area contributed by atoms with E-state index >= 15 is 0 Å². The van der Waals surface area contributed by atoms with E-state index in [1.54, 1.807) is 18.8 Å². The molecule has 0 spiro atoms. The standard InChI is InChI=1S/C18H16N2O3S/c1-22-14-8-12-13(9-15(14)23-2)20-17(21)10-16(24-18(20)19-12)11-6-4-3-5-7-11/h3-10,17,21H,1-2H3/t17-/m1/s1. The van der Waals surface area contributed by atoms with Crippen LogP contribution in [0.5, 0.6) is 11.5 Å². The number of aliphatic hydroxyl groups excluding tert-OH is 1. The first-order valence-corrected chi connectivity index (χ1v) is 8.30. The summed E-state index contributed by atoms with van der Waals surface area (Å²) in [5.41, 5.74) is 2.64. The lowest BCUT2D eigenvalue weighted by Crippen LogP contribution is -2.10. The second-order valence-corrected chi connectivity index (χ2v) is 6.38. The summed E-state index contributed by atoms with van der Waals surface area (Å²) in [7, 11) is 3.19. The van der Waals surface area contributed by atoms with Gasteiger partial charge in [0, 0.05) is 17.0 Å². The van der Waals surface area contributed by atoms with E-state index in [2.05, 4.69) is 4.98 Å². The molecular weight excluding hydrogens is 324 g/mol. The van der Waals surface area contributed by atoms with Crippen LogP contribution in [0.25, 0.3) is 15.9 Å². The van der Waals surface area contributed by atoms with E-state index in [9.17, 15) is 5.11 Å². The van der Waals surface area contributed by atoms with Crippen LogP contribution >= 0.6 is 11.8 Å². The van der Waals surface area contributed by atoms with Crippen LogP contribution in [0.2, 0.25) is 0 Å². The second-order valence-electron chi connectivity index (χ2n) is 5.37. The number of aliphatic hydroxyl groups is 1. The molecule has 1 aliphatic rings. The Labute approximate surface area is 143 Å². The highest BCUT2D eigenvalue weighted by atomic mass is 32.2. The van der Waals surface area contributed by atoms with E-state index < -0.39 is 6.23 Å². The molecule has 1 atom stereocenters. The number of imidazole rings is 1. The van der Waals surface area contributed by atoms with E-state index in [1.165, 1.54) is 11.8 Å². The minimum Gasteiger partial charge on any atom is -0.493 e. The number of benzene rings is 2. The lowest BCUT2D eigenvalue weighted by molar-refractivity contribution is 0.149. The molecule has 0 radical (unpaired) electrons. The number of methoxy groups -OCH3 is 2. The maximum atomic E-state index is 10.6. The Kier molecular flexibility index (Phi) is 3.70. The third kappa shape index (κ3) is 2.35. The van der Waals surface area contributed by atoms with Crippen molar-refractivity contribution in [3.8, 4) is 11.5 Å². The maximum Gasteiger partial charge on any atom is 0.176 e. The summed E-state index contributed by atoms with van der Waals surface area (Å²) in [6, 6.07) is 13.7. The summed E-state index contributed by atoms with van der Waals surface area (Å²) in [5.74, 6) is 1.24. The van der Waals surface area contributed by atoms with Gasteiger partial charge in [-0.1, -0.05) is 42.1 Å². The van der Waals surface area contributed by atoms with Crippen LogP contribution in [-0.4, -0.2) is 28.9 Å². The molecule has 24 heavy (non-hydrogen) atoms. The molecule has 6 heteroatoms. The van der Waals surface area contributed by atoms with Crippen molar-refractivity contribution >= 4 is 27.7 Å². The van der Waals surface area contributed by atoms with Gasteiger partial charge in [-0.05, 0) is 11.6 Å².